The molecule has 0 saturated heterocycles. The summed E-state index contributed by atoms with van der Waals surface area (Å²) in [7, 11) is 0. The molecule has 37 heavy (non-hydrogen) atoms. The highest BCUT2D eigenvalue weighted by Crippen LogP contribution is 2.42. The van der Waals surface area contributed by atoms with Gasteiger partial charge in [-0.05, 0) is 50.7 Å². The minimum atomic E-state index is 0.515. The van der Waals surface area contributed by atoms with Gasteiger partial charge in [-0.3, -0.25) is 5.41 Å². The first kappa shape index (κ1) is 21.3. The number of rotatable bonds is 4. The van der Waals surface area contributed by atoms with Crippen molar-refractivity contribution in [3.05, 3.63) is 155 Å². The van der Waals surface area contributed by atoms with Gasteiger partial charge in [-0.1, -0.05) is 121 Å². The second-order valence-electron chi connectivity index (χ2n) is 9.44. The molecule has 2 heteroatoms. The second kappa shape index (κ2) is 8.61. The van der Waals surface area contributed by atoms with Crippen LogP contribution in [0.15, 0.2) is 121 Å². The Labute approximate surface area is 216 Å². The van der Waals surface area contributed by atoms with E-state index in [9.17, 15) is 5.41 Å². The summed E-state index contributed by atoms with van der Waals surface area (Å²) in [4.78, 5) is 0. The van der Waals surface area contributed by atoms with E-state index in [4.69, 9.17) is 0 Å². The molecule has 2 aliphatic rings. The summed E-state index contributed by atoms with van der Waals surface area (Å²) >= 11 is 0. The predicted molar refractivity (Wildman–Crippen MR) is 157 cm³/mol. The van der Waals surface area contributed by atoms with Gasteiger partial charge in [0.1, 0.15) is 0 Å². The Morgan fingerprint density at radius 3 is 2.03 bits per heavy atom. The maximum Gasteiger partial charge on any atom is 0.0718 e. The molecule has 0 unspecified atom stereocenters. The lowest BCUT2D eigenvalue weighted by Crippen LogP contribution is -2.20. The third-order valence-electron chi connectivity index (χ3n) is 7.23. The first-order chi connectivity index (χ1) is 18.3. The Kier molecular flexibility index (Phi) is 4.97. The van der Waals surface area contributed by atoms with E-state index in [2.05, 4.69) is 115 Å². The lowest BCUT2D eigenvalue weighted by Gasteiger charge is -2.26. The zero-order chi connectivity index (χ0) is 24.8. The smallest absolute Gasteiger partial charge is 0.0718 e. The van der Waals surface area contributed by atoms with Crippen molar-refractivity contribution in [1.29, 1.82) is 5.41 Å². The Bertz CT molecular complexity index is 1780. The van der Waals surface area contributed by atoms with E-state index in [0.29, 0.717) is 5.71 Å². The number of benzene rings is 5. The fourth-order valence-electron chi connectivity index (χ4n) is 5.52. The molecular formula is C35H24N2. The van der Waals surface area contributed by atoms with Crippen molar-refractivity contribution >= 4 is 51.2 Å². The molecule has 0 bridgehead atoms. The van der Waals surface area contributed by atoms with Crippen molar-refractivity contribution in [2.75, 3.05) is 0 Å². The molecule has 174 valence electrons. The van der Waals surface area contributed by atoms with Gasteiger partial charge in [0.25, 0.3) is 0 Å². The second-order valence-corrected chi connectivity index (χ2v) is 9.44. The molecule has 0 aromatic heterocycles. The highest BCUT2D eigenvalue weighted by Gasteiger charge is 2.27. The Morgan fingerprint density at radius 2 is 1.22 bits per heavy atom. The SMILES string of the molecule is N=C(C1=Cc2cccc3cccc1c23)/C(=C1\NC(c2ccccc2)=Cc2ccccc21)c1ccccc1. The highest BCUT2D eigenvalue weighted by molar-refractivity contribution is 6.51. The standard InChI is InChI=1S/C35H24N2/c36-34(30-21-27-18-9-16-24-17-10-20-29(30)32(24)27)33(25-13-5-2-6-14-25)35-28-19-8-7-15-26(28)22-31(37-35)23-11-3-1-4-12-23/h1-22,36-37H/b35-33-,36-34?. The third kappa shape index (κ3) is 3.54. The van der Waals surface area contributed by atoms with E-state index in [1.54, 1.807) is 0 Å². The van der Waals surface area contributed by atoms with Crippen LogP contribution in [-0.4, -0.2) is 5.71 Å². The van der Waals surface area contributed by atoms with Crippen molar-refractivity contribution in [3.8, 4) is 0 Å². The van der Waals surface area contributed by atoms with Crippen molar-refractivity contribution in [2.24, 2.45) is 0 Å². The quantitative estimate of drug-likeness (QED) is 0.253. The summed E-state index contributed by atoms with van der Waals surface area (Å²) in [5, 5.41) is 15.9. The molecular weight excluding hydrogens is 448 g/mol. The maximum atomic E-state index is 9.68. The van der Waals surface area contributed by atoms with Gasteiger partial charge < -0.3 is 5.32 Å². The molecule has 2 N–H and O–H groups in total. The van der Waals surface area contributed by atoms with Crippen LogP contribution in [0.2, 0.25) is 0 Å². The number of hydrogen-bond acceptors (Lipinski definition) is 2. The molecule has 2 nitrogen and oxygen atoms in total. The van der Waals surface area contributed by atoms with Gasteiger partial charge in [0, 0.05) is 22.4 Å². The van der Waals surface area contributed by atoms with E-state index in [1.165, 1.54) is 16.3 Å². The first-order valence-corrected chi connectivity index (χ1v) is 12.5. The largest absolute Gasteiger partial charge is 0.354 e. The van der Waals surface area contributed by atoms with Gasteiger partial charge in [-0.15, -0.1) is 0 Å². The monoisotopic (exact) mass is 472 g/mol. The Balaban J connectivity index is 1.47. The average Bonchev–Trinajstić information content (AvgIpc) is 3.35. The summed E-state index contributed by atoms with van der Waals surface area (Å²) in [5.74, 6) is 0. The molecule has 0 atom stereocenters. The van der Waals surface area contributed by atoms with Crippen LogP contribution in [0, 0.1) is 5.41 Å². The van der Waals surface area contributed by atoms with Crippen molar-refractivity contribution in [1.82, 2.24) is 5.32 Å². The van der Waals surface area contributed by atoms with Gasteiger partial charge in [-0.25, -0.2) is 0 Å². The van der Waals surface area contributed by atoms with Crippen LogP contribution in [0.4, 0.5) is 0 Å². The lowest BCUT2D eigenvalue weighted by atomic mass is 9.86. The molecule has 1 aliphatic carbocycles. The van der Waals surface area contributed by atoms with Crippen LogP contribution in [0.1, 0.15) is 33.4 Å². The average molecular weight is 473 g/mol. The zero-order valence-electron chi connectivity index (χ0n) is 20.2. The number of allylic oxidation sites excluding steroid dienone is 2. The summed E-state index contributed by atoms with van der Waals surface area (Å²) in [6.45, 7) is 0. The summed E-state index contributed by atoms with van der Waals surface area (Å²) in [5.41, 5.74) is 11.0. The van der Waals surface area contributed by atoms with Crippen molar-refractivity contribution < 1.29 is 0 Å². The van der Waals surface area contributed by atoms with Crippen LogP contribution >= 0.6 is 0 Å². The van der Waals surface area contributed by atoms with Crippen LogP contribution in [0.5, 0.6) is 0 Å². The molecule has 7 rings (SSSR count). The fourth-order valence-corrected chi connectivity index (χ4v) is 5.52. The van der Waals surface area contributed by atoms with E-state index >= 15 is 0 Å². The van der Waals surface area contributed by atoms with Gasteiger partial charge in [0.15, 0.2) is 0 Å². The van der Waals surface area contributed by atoms with Gasteiger partial charge in [0.05, 0.1) is 11.4 Å². The van der Waals surface area contributed by atoms with Gasteiger partial charge in [-0.2, -0.15) is 0 Å². The molecule has 1 heterocycles. The molecule has 0 amide bonds. The minimum absolute atomic E-state index is 0.515. The molecule has 0 fully saturated rings. The highest BCUT2D eigenvalue weighted by atomic mass is 14.9. The zero-order valence-corrected chi connectivity index (χ0v) is 20.2. The first-order valence-electron chi connectivity index (χ1n) is 12.5. The Morgan fingerprint density at radius 1 is 0.568 bits per heavy atom. The maximum absolute atomic E-state index is 9.68. The van der Waals surface area contributed by atoms with E-state index in [1.807, 2.05) is 24.3 Å². The topological polar surface area (TPSA) is 35.9 Å². The minimum Gasteiger partial charge on any atom is -0.354 e. The third-order valence-corrected chi connectivity index (χ3v) is 7.23. The van der Waals surface area contributed by atoms with Gasteiger partial charge in [0.2, 0.25) is 0 Å². The van der Waals surface area contributed by atoms with Crippen molar-refractivity contribution in [3.63, 3.8) is 0 Å². The number of nitrogens with one attached hydrogen (secondary N) is 2. The summed E-state index contributed by atoms with van der Waals surface area (Å²) in [6, 6.07) is 41.9. The normalized spacial score (nSPS) is 14.9. The van der Waals surface area contributed by atoms with Crippen LogP contribution in [-0.2, 0) is 0 Å². The lowest BCUT2D eigenvalue weighted by molar-refractivity contribution is 1.22. The van der Waals surface area contributed by atoms with Crippen LogP contribution < -0.4 is 5.32 Å². The van der Waals surface area contributed by atoms with Crippen LogP contribution in [0.3, 0.4) is 0 Å². The molecule has 0 spiro atoms. The molecule has 5 aromatic carbocycles. The fraction of sp³-hybridized carbons (Fsp3) is 0. The summed E-state index contributed by atoms with van der Waals surface area (Å²) < 4.78 is 0. The molecule has 5 aromatic rings. The van der Waals surface area contributed by atoms with Gasteiger partial charge >= 0.3 is 0 Å². The van der Waals surface area contributed by atoms with E-state index < -0.39 is 0 Å². The van der Waals surface area contributed by atoms with Crippen molar-refractivity contribution in [2.45, 2.75) is 0 Å². The van der Waals surface area contributed by atoms with Crippen LogP contribution in [0.25, 0.3) is 45.5 Å². The molecule has 0 saturated carbocycles. The number of hydrogen-bond donors (Lipinski definition) is 2. The number of fused-ring (bicyclic) bond motifs is 1. The Hall–Kier alpha value is -4.95. The predicted octanol–water partition coefficient (Wildman–Crippen LogP) is 8.38. The molecule has 0 radical (unpaired) electrons. The van der Waals surface area contributed by atoms with E-state index in [-0.39, 0.29) is 0 Å². The summed E-state index contributed by atoms with van der Waals surface area (Å²) in [6.07, 6.45) is 4.37. The van der Waals surface area contributed by atoms with E-state index in [0.717, 1.165) is 50.4 Å². The molecule has 1 aliphatic heterocycles.